The number of likely N-dealkylation sites (N-methyl/N-ethyl adjacent to an activating group) is 1. The number of hydrogen-bond donors (Lipinski definition) is 1. The zero-order valence-electron chi connectivity index (χ0n) is 16.0. The minimum Gasteiger partial charge on any atom is -0.381 e. The summed E-state index contributed by atoms with van der Waals surface area (Å²) in [6.45, 7) is 3.10. The summed E-state index contributed by atoms with van der Waals surface area (Å²) in [5, 5.41) is 2.70. The highest BCUT2D eigenvalue weighted by molar-refractivity contribution is 5.93. The van der Waals surface area contributed by atoms with Crippen molar-refractivity contribution in [3.05, 3.63) is 59.8 Å². The van der Waals surface area contributed by atoms with Crippen molar-refractivity contribution in [2.24, 2.45) is 0 Å². The Kier molecular flexibility index (Phi) is 8.45. The Labute approximate surface area is 160 Å². The maximum absolute atomic E-state index is 12.1. The van der Waals surface area contributed by atoms with Crippen LogP contribution in [0.2, 0.25) is 0 Å². The van der Waals surface area contributed by atoms with Crippen LogP contribution in [0.1, 0.15) is 24.0 Å². The van der Waals surface area contributed by atoms with Gasteiger partial charge in [-0.15, -0.1) is 0 Å². The van der Waals surface area contributed by atoms with Crippen LogP contribution in [0.15, 0.2) is 48.7 Å². The van der Waals surface area contributed by atoms with Gasteiger partial charge in [-0.3, -0.25) is 9.59 Å². The Bertz CT molecular complexity index is 734. The highest BCUT2D eigenvalue weighted by Crippen LogP contribution is 2.06. The molecule has 1 aromatic carbocycles. The van der Waals surface area contributed by atoms with Crippen molar-refractivity contribution in [2.75, 3.05) is 32.1 Å². The summed E-state index contributed by atoms with van der Waals surface area (Å²) in [6.07, 6.45) is 3.50. The fourth-order valence-electron chi connectivity index (χ4n) is 2.54. The zero-order chi connectivity index (χ0) is 19.5. The molecular weight excluding hydrogens is 342 g/mol. The molecule has 6 nitrogen and oxygen atoms in total. The number of nitrogens with one attached hydrogen (secondary N) is 1. The molecule has 0 aliphatic heterocycles. The molecule has 0 unspecified atom stereocenters. The standard InChI is InChI=1S/C21H27N3O3/c1-17-10-12-22-19(15-17)23-20(25)16-24(2)21(26)9-6-13-27-14-11-18-7-4-3-5-8-18/h3-5,7-8,10,12,15H,6,9,11,13-14,16H2,1-2H3,(H,22,23,25). The number of hydrogen-bond acceptors (Lipinski definition) is 4. The van der Waals surface area contributed by atoms with Gasteiger partial charge in [-0.25, -0.2) is 4.98 Å². The lowest BCUT2D eigenvalue weighted by Crippen LogP contribution is -2.35. The van der Waals surface area contributed by atoms with E-state index in [1.807, 2.05) is 31.2 Å². The van der Waals surface area contributed by atoms with Crippen molar-refractivity contribution in [3.8, 4) is 0 Å². The van der Waals surface area contributed by atoms with Gasteiger partial charge in [0.05, 0.1) is 13.2 Å². The van der Waals surface area contributed by atoms with E-state index in [2.05, 4.69) is 22.4 Å². The molecule has 0 saturated heterocycles. The summed E-state index contributed by atoms with van der Waals surface area (Å²) in [7, 11) is 1.63. The molecule has 6 heteroatoms. The number of carbonyl (C=O) groups is 2. The first-order valence-corrected chi connectivity index (χ1v) is 9.13. The smallest absolute Gasteiger partial charge is 0.245 e. The molecule has 0 aliphatic rings. The summed E-state index contributed by atoms with van der Waals surface area (Å²) in [6, 6.07) is 13.8. The molecule has 144 valence electrons. The Hall–Kier alpha value is -2.73. The van der Waals surface area contributed by atoms with Crippen LogP contribution in [0.5, 0.6) is 0 Å². The fraction of sp³-hybridized carbons (Fsp3) is 0.381. The summed E-state index contributed by atoms with van der Waals surface area (Å²) in [5.41, 5.74) is 2.25. The predicted molar refractivity (Wildman–Crippen MR) is 105 cm³/mol. The largest absolute Gasteiger partial charge is 0.381 e. The second-order valence-electron chi connectivity index (χ2n) is 6.47. The minimum atomic E-state index is -0.261. The summed E-state index contributed by atoms with van der Waals surface area (Å²) in [4.78, 5) is 29.6. The van der Waals surface area contributed by atoms with Gasteiger partial charge in [0.2, 0.25) is 11.8 Å². The van der Waals surface area contributed by atoms with E-state index in [1.54, 1.807) is 19.3 Å². The van der Waals surface area contributed by atoms with E-state index in [0.29, 0.717) is 31.9 Å². The molecule has 2 amide bonds. The Balaban J connectivity index is 1.58. The molecular formula is C21H27N3O3. The second-order valence-corrected chi connectivity index (χ2v) is 6.47. The maximum atomic E-state index is 12.1. The normalized spacial score (nSPS) is 10.4. The number of carbonyl (C=O) groups excluding carboxylic acids is 2. The van der Waals surface area contributed by atoms with Crippen LogP contribution in [-0.2, 0) is 20.7 Å². The van der Waals surface area contributed by atoms with Crippen LogP contribution in [0.4, 0.5) is 5.82 Å². The van der Waals surface area contributed by atoms with Crippen molar-refractivity contribution < 1.29 is 14.3 Å². The lowest BCUT2D eigenvalue weighted by molar-refractivity contribution is -0.133. The van der Waals surface area contributed by atoms with E-state index in [4.69, 9.17) is 4.74 Å². The van der Waals surface area contributed by atoms with Gasteiger partial charge in [0.25, 0.3) is 0 Å². The van der Waals surface area contributed by atoms with E-state index in [9.17, 15) is 9.59 Å². The Morgan fingerprint density at radius 2 is 1.93 bits per heavy atom. The van der Waals surface area contributed by atoms with Crippen LogP contribution in [0.3, 0.4) is 0 Å². The van der Waals surface area contributed by atoms with Crippen molar-refractivity contribution in [1.82, 2.24) is 9.88 Å². The van der Waals surface area contributed by atoms with Gasteiger partial charge in [-0.2, -0.15) is 0 Å². The number of benzene rings is 1. The molecule has 2 aromatic rings. The van der Waals surface area contributed by atoms with Crippen molar-refractivity contribution >= 4 is 17.6 Å². The molecule has 27 heavy (non-hydrogen) atoms. The number of anilines is 1. The first kappa shape index (κ1) is 20.6. The third kappa shape index (κ3) is 8.00. The molecule has 0 radical (unpaired) electrons. The van der Waals surface area contributed by atoms with Gasteiger partial charge in [0, 0.05) is 26.3 Å². The van der Waals surface area contributed by atoms with Crippen LogP contribution in [-0.4, -0.2) is 48.5 Å². The molecule has 1 aromatic heterocycles. The summed E-state index contributed by atoms with van der Waals surface area (Å²) < 4.78 is 5.58. The van der Waals surface area contributed by atoms with E-state index < -0.39 is 0 Å². The minimum absolute atomic E-state index is 0.00329. The number of amides is 2. The summed E-state index contributed by atoms with van der Waals surface area (Å²) >= 11 is 0. The highest BCUT2D eigenvalue weighted by atomic mass is 16.5. The van der Waals surface area contributed by atoms with Gasteiger partial charge >= 0.3 is 0 Å². The first-order valence-electron chi connectivity index (χ1n) is 9.13. The van der Waals surface area contributed by atoms with Crippen molar-refractivity contribution in [1.29, 1.82) is 0 Å². The average Bonchev–Trinajstić information content (AvgIpc) is 2.65. The van der Waals surface area contributed by atoms with Gasteiger partial charge < -0.3 is 15.0 Å². The van der Waals surface area contributed by atoms with E-state index in [0.717, 1.165) is 12.0 Å². The molecule has 0 atom stereocenters. The topological polar surface area (TPSA) is 71.5 Å². The number of rotatable bonds is 10. The fourth-order valence-corrected chi connectivity index (χ4v) is 2.54. The van der Waals surface area contributed by atoms with Crippen molar-refractivity contribution in [3.63, 3.8) is 0 Å². The van der Waals surface area contributed by atoms with E-state index >= 15 is 0 Å². The van der Waals surface area contributed by atoms with Crippen molar-refractivity contribution in [2.45, 2.75) is 26.2 Å². The van der Waals surface area contributed by atoms with Gasteiger partial charge in [-0.1, -0.05) is 30.3 Å². The monoisotopic (exact) mass is 369 g/mol. The van der Waals surface area contributed by atoms with Gasteiger partial charge in [0.1, 0.15) is 5.82 Å². The second kappa shape index (κ2) is 11.1. The number of aromatic nitrogens is 1. The average molecular weight is 369 g/mol. The Morgan fingerprint density at radius 1 is 1.15 bits per heavy atom. The molecule has 0 spiro atoms. The third-order valence-corrected chi connectivity index (χ3v) is 4.05. The summed E-state index contributed by atoms with van der Waals surface area (Å²) in [5.74, 6) is 0.157. The quantitative estimate of drug-likeness (QED) is 0.654. The molecule has 0 bridgehead atoms. The maximum Gasteiger partial charge on any atom is 0.245 e. The molecule has 0 saturated carbocycles. The Morgan fingerprint density at radius 3 is 2.67 bits per heavy atom. The molecule has 0 aliphatic carbocycles. The van der Waals surface area contributed by atoms with Crippen LogP contribution < -0.4 is 5.32 Å². The van der Waals surface area contributed by atoms with Crippen LogP contribution in [0, 0.1) is 6.92 Å². The SMILES string of the molecule is Cc1ccnc(NC(=O)CN(C)C(=O)CCCOCCc2ccccc2)c1. The molecule has 1 heterocycles. The lowest BCUT2D eigenvalue weighted by Gasteiger charge is -2.16. The van der Waals surface area contributed by atoms with E-state index in [1.165, 1.54) is 10.5 Å². The molecule has 1 N–H and O–H groups in total. The van der Waals surface area contributed by atoms with Gasteiger partial charge in [-0.05, 0) is 43.0 Å². The first-order chi connectivity index (χ1) is 13.0. The number of nitrogens with zero attached hydrogens (tertiary/aromatic N) is 2. The zero-order valence-corrected chi connectivity index (χ0v) is 16.0. The van der Waals surface area contributed by atoms with Crippen LogP contribution in [0.25, 0.3) is 0 Å². The predicted octanol–water partition coefficient (Wildman–Crippen LogP) is 2.83. The van der Waals surface area contributed by atoms with E-state index in [-0.39, 0.29) is 18.4 Å². The van der Waals surface area contributed by atoms with Crippen LogP contribution >= 0.6 is 0 Å². The number of ether oxygens (including phenoxy) is 1. The number of aryl methyl sites for hydroxylation is 1. The van der Waals surface area contributed by atoms with Gasteiger partial charge in [0.15, 0.2) is 0 Å². The molecule has 2 rings (SSSR count). The molecule has 0 fully saturated rings. The highest BCUT2D eigenvalue weighted by Gasteiger charge is 2.13. The third-order valence-electron chi connectivity index (χ3n) is 4.05. The lowest BCUT2D eigenvalue weighted by atomic mass is 10.2. The number of pyridine rings is 1.